The van der Waals surface area contributed by atoms with E-state index in [4.69, 9.17) is 4.74 Å². The SMILES string of the molecule is CC(C)(C)OC(=O)NC1CCN(CCCCNc2cccc3c2C(=O)N(C2CCC(=O)NC2=O)C3=O)CC1. The average molecular weight is 528 g/mol. The van der Waals surface area contributed by atoms with E-state index < -0.39 is 35.3 Å². The van der Waals surface area contributed by atoms with Crippen LogP contribution in [0.3, 0.4) is 0 Å². The lowest BCUT2D eigenvalue weighted by atomic mass is 10.0. The summed E-state index contributed by atoms with van der Waals surface area (Å²) in [5.74, 6) is -2.03. The molecular formula is C27H37N5O6. The number of carbonyl (C=O) groups excluding carboxylic acids is 5. The molecule has 2 saturated heterocycles. The number of nitrogens with one attached hydrogen (secondary N) is 3. The lowest BCUT2D eigenvalue weighted by Gasteiger charge is -2.32. The van der Waals surface area contributed by atoms with Crippen molar-refractivity contribution in [2.75, 3.05) is 31.5 Å². The third kappa shape index (κ3) is 6.50. The highest BCUT2D eigenvalue weighted by atomic mass is 16.6. The maximum atomic E-state index is 13.2. The number of unbranched alkanes of at least 4 members (excludes halogenated alkanes) is 1. The predicted molar refractivity (Wildman–Crippen MR) is 140 cm³/mol. The van der Waals surface area contributed by atoms with E-state index in [1.807, 2.05) is 20.8 Å². The van der Waals surface area contributed by atoms with Crippen LogP contribution in [0.4, 0.5) is 10.5 Å². The summed E-state index contributed by atoms with van der Waals surface area (Å²) in [4.78, 5) is 65.2. The molecule has 4 rings (SSSR count). The fourth-order valence-corrected chi connectivity index (χ4v) is 5.12. The average Bonchev–Trinajstić information content (AvgIpc) is 3.09. The maximum Gasteiger partial charge on any atom is 0.407 e. The fraction of sp³-hybridized carbons (Fsp3) is 0.593. The second-order valence-corrected chi connectivity index (χ2v) is 11.1. The summed E-state index contributed by atoms with van der Waals surface area (Å²) < 4.78 is 5.34. The van der Waals surface area contributed by atoms with Crippen LogP contribution in [0, 0.1) is 0 Å². The molecule has 3 aliphatic heterocycles. The normalized spacial score (nSPS) is 20.8. The van der Waals surface area contributed by atoms with Gasteiger partial charge >= 0.3 is 6.09 Å². The van der Waals surface area contributed by atoms with E-state index in [-0.39, 0.29) is 36.1 Å². The van der Waals surface area contributed by atoms with Crippen molar-refractivity contribution in [3.8, 4) is 0 Å². The van der Waals surface area contributed by atoms with Gasteiger partial charge in [-0.1, -0.05) is 6.07 Å². The molecule has 1 aromatic rings. The lowest BCUT2D eigenvalue weighted by Crippen LogP contribution is -2.54. The van der Waals surface area contributed by atoms with E-state index in [1.54, 1.807) is 18.2 Å². The largest absolute Gasteiger partial charge is 0.444 e. The van der Waals surface area contributed by atoms with Gasteiger partial charge in [-0.15, -0.1) is 0 Å². The Kier molecular flexibility index (Phi) is 8.35. The van der Waals surface area contributed by atoms with Crippen LogP contribution in [0.1, 0.15) is 80.0 Å². The highest BCUT2D eigenvalue weighted by Crippen LogP contribution is 2.32. The van der Waals surface area contributed by atoms with Gasteiger partial charge in [0, 0.05) is 37.8 Å². The van der Waals surface area contributed by atoms with Crippen molar-refractivity contribution in [3.63, 3.8) is 0 Å². The number of hydrogen-bond acceptors (Lipinski definition) is 8. The summed E-state index contributed by atoms with van der Waals surface area (Å²) in [6.07, 6.45) is 3.45. The first-order valence-corrected chi connectivity index (χ1v) is 13.3. The number of carbonyl (C=O) groups is 5. The van der Waals surface area contributed by atoms with Crippen molar-refractivity contribution in [3.05, 3.63) is 29.3 Å². The number of amides is 5. The summed E-state index contributed by atoms with van der Waals surface area (Å²) in [6, 6.07) is 4.23. The first-order valence-electron chi connectivity index (χ1n) is 13.3. The Labute approximate surface area is 222 Å². The Morgan fingerprint density at radius 1 is 1.05 bits per heavy atom. The number of hydrogen-bond donors (Lipinski definition) is 3. The number of likely N-dealkylation sites (tertiary alicyclic amines) is 1. The van der Waals surface area contributed by atoms with Crippen LogP contribution in [0.15, 0.2) is 18.2 Å². The molecule has 11 heteroatoms. The summed E-state index contributed by atoms with van der Waals surface area (Å²) in [7, 11) is 0. The fourth-order valence-electron chi connectivity index (χ4n) is 5.12. The van der Waals surface area contributed by atoms with Crippen molar-refractivity contribution in [2.45, 2.75) is 77.0 Å². The van der Waals surface area contributed by atoms with Crippen molar-refractivity contribution in [2.24, 2.45) is 0 Å². The summed E-state index contributed by atoms with van der Waals surface area (Å²) in [6.45, 7) is 8.94. The van der Waals surface area contributed by atoms with Crippen molar-refractivity contribution >= 4 is 35.4 Å². The van der Waals surface area contributed by atoms with Gasteiger partial charge in [0.1, 0.15) is 11.6 Å². The molecule has 0 bridgehead atoms. The van der Waals surface area contributed by atoms with E-state index in [0.717, 1.165) is 50.2 Å². The number of imide groups is 2. The van der Waals surface area contributed by atoms with Gasteiger partial charge in [-0.05, 0) is 71.6 Å². The molecule has 1 aromatic carbocycles. The van der Waals surface area contributed by atoms with Crippen LogP contribution in [0.2, 0.25) is 0 Å². The predicted octanol–water partition coefficient (Wildman–Crippen LogP) is 2.27. The van der Waals surface area contributed by atoms with Gasteiger partial charge in [0.05, 0.1) is 11.1 Å². The number of nitrogens with zero attached hydrogens (tertiary/aromatic N) is 2. The topological polar surface area (TPSA) is 137 Å². The molecule has 3 heterocycles. The molecule has 1 unspecified atom stereocenters. The van der Waals surface area contributed by atoms with Gasteiger partial charge in [-0.3, -0.25) is 29.4 Å². The zero-order valence-electron chi connectivity index (χ0n) is 22.3. The molecule has 0 radical (unpaired) electrons. The Hall–Kier alpha value is -3.47. The monoisotopic (exact) mass is 527 g/mol. The minimum atomic E-state index is -0.976. The molecular weight excluding hydrogens is 490 g/mol. The number of fused-ring (bicyclic) bond motifs is 1. The molecule has 0 spiro atoms. The minimum Gasteiger partial charge on any atom is -0.444 e. The van der Waals surface area contributed by atoms with Crippen LogP contribution in [-0.4, -0.2) is 83.4 Å². The van der Waals surface area contributed by atoms with Gasteiger partial charge in [0.25, 0.3) is 11.8 Å². The molecule has 3 aliphatic rings. The second kappa shape index (κ2) is 11.5. The smallest absolute Gasteiger partial charge is 0.407 e. The van der Waals surface area contributed by atoms with E-state index >= 15 is 0 Å². The van der Waals surface area contributed by atoms with Crippen LogP contribution < -0.4 is 16.0 Å². The number of ether oxygens (including phenoxy) is 1. The second-order valence-electron chi connectivity index (χ2n) is 11.1. The van der Waals surface area contributed by atoms with Crippen molar-refractivity contribution in [1.29, 1.82) is 0 Å². The first-order chi connectivity index (χ1) is 18.0. The molecule has 2 fully saturated rings. The summed E-state index contributed by atoms with van der Waals surface area (Å²) in [5.41, 5.74) is 0.619. The Balaban J connectivity index is 1.21. The highest BCUT2D eigenvalue weighted by molar-refractivity contribution is 6.25. The third-order valence-corrected chi connectivity index (χ3v) is 6.99. The van der Waals surface area contributed by atoms with E-state index in [1.165, 1.54) is 0 Å². The minimum absolute atomic E-state index is 0.0901. The van der Waals surface area contributed by atoms with Crippen LogP contribution in [0.5, 0.6) is 0 Å². The molecule has 206 valence electrons. The Morgan fingerprint density at radius 2 is 1.79 bits per heavy atom. The quantitative estimate of drug-likeness (QED) is 0.346. The molecule has 0 saturated carbocycles. The molecule has 3 N–H and O–H groups in total. The van der Waals surface area contributed by atoms with E-state index in [2.05, 4.69) is 20.9 Å². The Morgan fingerprint density at radius 3 is 2.47 bits per heavy atom. The number of alkyl carbamates (subject to hydrolysis) is 1. The molecule has 11 nitrogen and oxygen atoms in total. The van der Waals surface area contributed by atoms with Crippen LogP contribution in [-0.2, 0) is 14.3 Å². The molecule has 1 atom stereocenters. The lowest BCUT2D eigenvalue weighted by molar-refractivity contribution is -0.136. The van der Waals surface area contributed by atoms with Gasteiger partial charge in [-0.25, -0.2) is 4.79 Å². The maximum absolute atomic E-state index is 13.2. The van der Waals surface area contributed by atoms with Crippen molar-refractivity contribution < 1.29 is 28.7 Å². The third-order valence-electron chi connectivity index (χ3n) is 6.99. The standard InChI is InChI=1S/C27H37N5O6/c1-27(2,3)38-26(37)29-17-11-15-31(16-12-17)14-5-4-13-28-19-8-6-7-18-22(19)25(36)32(24(18)35)20-9-10-21(33)30-23(20)34/h6-8,17,20,28H,4-5,9-16H2,1-3H3,(H,29,37)(H,30,33,34). The van der Waals surface area contributed by atoms with Crippen molar-refractivity contribution in [1.82, 2.24) is 20.4 Å². The number of piperidine rings is 2. The molecule has 0 aliphatic carbocycles. The summed E-state index contributed by atoms with van der Waals surface area (Å²) in [5, 5.41) is 8.46. The first kappa shape index (κ1) is 27.6. The summed E-state index contributed by atoms with van der Waals surface area (Å²) >= 11 is 0. The highest BCUT2D eigenvalue weighted by Gasteiger charge is 2.45. The van der Waals surface area contributed by atoms with Crippen LogP contribution >= 0.6 is 0 Å². The van der Waals surface area contributed by atoms with E-state index in [9.17, 15) is 24.0 Å². The molecule has 0 aromatic heterocycles. The van der Waals surface area contributed by atoms with E-state index in [0.29, 0.717) is 12.2 Å². The van der Waals surface area contributed by atoms with Gasteiger partial charge in [0.15, 0.2) is 0 Å². The van der Waals surface area contributed by atoms with Gasteiger partial charge < -0.3 is 20.3 Å². The molecule has 38 heavy (non-hydrogen) atoms. The molecule has 5 amide bonds. The van der Waals surface area contributed by atoms with Crippen LogP contribution in [0.25, 0.3) is 0 Å². The van der Waals surface area contributed by atoms with Gasteiger partial charge in [0.2, 0.25) is 11.8 Å². The number of rotatable bonds is 8. The number of anilines is 1. The zero-order valence-corrected chi connectivity index (χ0v) is 22.3. The number of benzene rings is 1. The Bertz CT molecular complexity index is 1110. The zero-order chi connectivity index (χ0) is 27.4. The van der Waals surface area contributed by atoms with Gasteiger partial charge in [-0.2, -0.15) is 0 Å².